The number of aryl methyl sites for hydroxylation is 1. The van der Waals surface area contributed by atoms with Gasteiger partial charge in [-0.05, 0) is 0 Å². The third-order valence-electron chi connectivity index (χ3n) is 2.72. The number of halogens is 1. The molecule has 3 nitrogen and oxygen atoms in total. The van der Waals surface area contributed by atoms with Gasteiger partial charge in [-0.15, -0.1) is 0 Å². The van der Waals surface area contributed by atoms with Crippen LogP contribution in [0, 0.1) is 0 Å². The highest BCUT2D eigenvalue weighted by atomic mass is 127. The molecule has 0 aromatic carbocycles. The van der Waals surface area contributed by atoms with Crippen molar-refractivity contribution >= 4 is 22.6 Å². The smallest absolute Gasteiger partial charge is 0.141 e. The van der Waals surface area contributed by atoms with E-state index in [1.807, 2.05) is 0 Å². The number of hydrogen-bond acceptors (Lipinski definition) is 3. The molecule has 0 fully saturated rings. The van der Waals surface area contributed by atoms with Gasteiger partial charge in [0.05, 0.1) is 5.69 Å². The van der Waals surface area contributed by atoms with Crippen molar-refractivity contribution in [2.75, 3.05) is 17.5 Å². The molecule has 1 aliphatic heterocycles. The summed E-state index contributed by atoms with van der Waals surface area (Å²) in [5.41, 5.74) is 2.54. The molecule has 1 aromatic rings. The second-order valence-corrected chi connectivity index (χ2v) is 4.68. The summed E-state index contributed by atoms with van der Waals surface area (Å²) in [7, 11) is 0. The van der Waals surface area contributed by atoms with Crippen LogP contribution >= 0.6 is 22.6 Å². The standard InChI is InChI=1S/C10H15IN2O/c1-2-10-8-7-13(6-4-11)5-3-9(8)12-14-10/h2-7H2,1H3. The predicted molar refractivity (Wildman–Crippen MR) is 63.7 cm³/mol. The first-order valence-electron chi connectivity index (χ1n) is 5.09. The van der Waals surface area contributed by atoms with Crippen molar-refractivity contribution in [2.24, 2.45) is 0 Å². The summed E-state index contributed by atoms with van der Waals surface area (Å²) in [6.07, 6.45) is 2.01. The molecule has 0 amide bonds. The molecule has 78 valence electrons. The largest absolute Gasteiger partial charge is 0.361 e. The summed E-state index contributed by atoms with van der Waals surface area (Å²) in [5.74, 6) is 1.08. The summed E-state index contributed by atoms with van der Waals surface area (Å²) < 4.78 is 6.51. The summed E-state index contributed by atoms with van der Waals surface area (Å²) in [4.78, 5) is 2.48. The SMILES string of the molecule is CCc1onc2c1CN(CCI)CC2. The second kappa shape index (κ2) is 4.61. The normalized spacial score (nSPS) is 17.0. The Balaban J connectivity index is 2.14. The minimum absolute atomic E-state index is 0.959. The van der Waals surface area contributed by atoms with Crippen molar-refractivity contribution in [2.45, 2.75) is 26.3 Å². The summed E-state index contributed by atoms with van der Waals surface area (Å²) in [6.45, 7) is 5.46. The monoisotopic (exact) mass is 306 g/mol. The second-order valence-electron chi connectivity index (χ2n) is 3.60. The molecule has 14 heavy (non-hydrogen) atoms. The van der Waals surface area contributed by atoms with Gasteiger partial charge in [0.1, 0.15) is 5.76 Å². The molecule has 0 bridgehead atoms. The lowest BCUT2D eigenvalue weighted by molar-refractivity contribution is 0.270. The lowest BCUT2D eigenvalue weighted by atomic mass is 10.0. The Bertz CT molecular complexity index is 298. The van der Waals surface area contributed by atoms with Crippen LogP contribution in [0.5, 0.6) is 0 Å². The van der Waals surface area contributed by atoms with E-state index in [2.05, 4.69) is 39.6 Å². The molecule has 0 radical (unpaired) electrons. The topological polar surface area (TPSA) is 29.3 Å². The third-order valence-corrected chi connectivity index (χ3v) is 3.20. The van der Waals surface area contributed by atoms with E-state index in [1.54, 1.807) is 0 Å². The maximum absolute atomic E-state index is 5.31. The molecule has 0 spiro atoms. The molecular weight excluding hydrogens is 291 g/mol. The van der Waals surface area contributed by atoms with Crippen molar-refractivity contribution in [3.8, 4) is 0 Å². The van der Waals surface area contributed by atoms with Crippen LogP contribution in [0.2, 0.25) is 0 Å². The highest BCUT2D eigenvalue weighted by molar-refractivity contribution is 14.1. The average Bonchev–Trinajstić information content (AvgIpc) is 2.60. The summed E-state index contributed by atoms with van der Waals surface area (Å²) in [6, 6.07) is 0. The van der Waals surface area contributed by atoms with E-state index in [1.165, 1.54) is 22.2 Å². The van der Waals surface area contributed by atoms with E-state index in [0.29, 0.717) is 0 Å². The van der Waals surface area contributed by atoms with Gasteiger partial charge in [-0.2, -0.15) is 0 Å². The Kier molecular flexibility index (Phi) is 3.43. The van der Waals surface area contributed by atoms with Crippen LogP contribution in [-0.2, 0) is 19.4 Å². The number of hydrogen-bond donors (Lipinski definition) is 0. The molecule has 4 heteroatoms. The zero-order valence-corrected chi connectivity index (χ0v) is 10.6. The summed E-state index contributed by atoms with van der Waals surface area (Å²) >= 11 is 2.43. The molecule has 2 heterocycles. The third kappa shape index (κ3) is 1.95. The van der Waals surface area contributed by atoms with Gasteiger partial charge in [0, 0.05) is 42.5 Å². The van der Waals surface area contributed by atoms with Gasteiger partial charge in [0.25, 0.3) is 0 Å². The average molecular weight is 306 g/mol. The molecule has 0 atom stereocenters. The lowest BCUT2D eigenvalue weighted by Gasteiger charge is -2.25. The minimum Gasteiger partial charge on any atom is -0.361 e. The number of nitrogens with zero attached hydrogens (tertiary/aromatic N) is 2. The Morgan fingerprint density at radius 3 is 3.14 bits per heavy atom. The highest BCUT2D eigenvalue weighted by Crippen LogP contribution is 2.22. The molecule has 0 aliphatic carbocycles. The molecule has 0 saturated carbocycles. The number of rotatable bonds is 3. The zero-order chi connectivity index (χ0) is 9.97. The Hall–Kier alpha value is -0.100. The van der Waals surface area contributed by atoms with Crippen molar-refractivity contribution in [1.82, 2.24) is 10.1 Å². The van der Waals surface area contributed by atoms with Crippen LogP contribution in [0.15, 0.2) is 4.52 Å². The Morgan fingerprint density at radius 1 is 1.57 bits per heavy atom. The van der Waals surface area contributed by atoms with Gasteiger partial charge < -0.3 is 4.52 Å². The molecule has 0 saturated heterocycles. The number of alkyl halides is 1. The van der Waals surface area contributed by atoms with E-state index < -0.39 is 0 Å². The van der Waals surface area contributed by atoms with Gasteiger partial charge in [-0.25, -0.2) is 0 Å². The zero-order valence-electron chi connectivity index (χ0n) is 8.42. The first kappa shape index (κ1) is 10.4. The molecule has 0 N–H and O–H groups in total. The van der Waals surface area contributed by atoms with E-state index >= 15 is 0 Å². The van der Waals surface area contributed by atoms with Crippen molar-refractivity contribution in [3.05, 3.63) is 17.0 Å². The fraction of sp³-hybridized carbons (Fsp3) is 0.700. The Morgan fingerprint density at radius 2 is 2.43 bits per heavy atom. The minimum atomic E-state index is 0.959. The van der Waals surface area contributed by atoms with Gasteiger partial charge >= 0.3 is 0 Å². The van der Waals surface area contributed by atoms with Gasteiger partial charge in [0.2, 0.25) is 0 Å². The fourth-order valence-corrected chi connectivity index (χ4v) is 2.59. The number of aromatic nitrogens is 1. The van der Waals surface area contributed by atoms with E-state index in [4.69, 9.17) is 4.52 Å². The lowest BCUT2D eigenvalue weighted by Crippen LogP contribution is -2.32. The maximum Gasteiger partial charge on any atom is 0.141 e. The van der Waals surface area contributed by atoms with E-state index in [0.717, 1.165) is 31.7 Å². The van der Waals surface area contributed by atoms with Crippen LogP contribution in [0.1, 0.15) is 23.9 Å². The van der Waals surface area contributed by atoms with Crippen LogP contribution in [0.4, 0.5) is 0 Å². The fourth-order valence-electron chi connectivity index (χ4n) is 1.91. The molecular formula is C10H15IN2O. The van der Waals surface area contributed by atoms with E-state index in [-0.39, 0.29) is 0 Å². The highest BCUT2D eigenvalue weighted by Gasteiger charge is 2.22. The number of fused-ring (bicyclic) bond motifs is 1. The van der Waals surface area contributed by atoms with Crippen LogP contribution in [0.3, 0.4) is 0 Å². The van der Waals surface area contributed by atoms with Crippen LogP contribution in [-0.4, -0.2) is 27.6 Å². The summed E-state index contributed by atoms with van der Waals surface area (Å²) in [5, 5.41) is 4.12. The van der Waals surface area contributed by atoms with Crippen molar-refractivity contribution < 1.29 is 4.52 Å². The molecule has 1 aliphatic rings. The maximum atomic E-state index is 5.31. The molecule has 2 rings (SSSR count). The predicted octanol–water partition coefficient (Wildman–Crippen LogP) is 2.03. The van der Waals surface area contributed by atoms with Crippen molar-refractivity contribution in [3.63, 3.8) is 0 Å². The van der Waals surface area contributed by atoms with Crippen LogP contribution < -0.4 is 0 Å². The van der Waals surface area contributed by atoms with Gasteiger partial charge in [-0.3, -0.25) is 4.90 Å². The van der Waals surface area contributed by atoms with Crippen LogP contribution in [0.25, 0.3) is 0 Å². The van der Waals surface area contributed by atoms with Crippen molar-refractivity contribution in [1.29, 1.82) is 0 Å². The van der Waals surface area contributed by atoms with E-state index in [9.17, 15) is 0 Å². The molecule has 1 aromatic heterocycles. The first-order chi connectivity index (χ1) is 6.85. The first-order valence-corrected chi connectivity index (χ1v) is 6.62. The Labute approximate surface area is 98.0 Å². The van der Waals surface area contributed by atoms with Gasteiger partial charge in [-0.1, -0.05) is 34.7 Å². The molecule has 0 unspecified atom stereocenters. The van der Waals surface area contributed by atoms with Gasteiger partial charge in [0.15, 0.2) is 0 Å². The quantitative estimate of drug-likeness (QED) is 0.632.